The minimum Gasteiger partial charge on any atom is -0.317 e. The van der Waals surface area contributed by atoms with E-state index in [2.05, 4.69) is 10.4 Å². The molecule has 5 heteroatoms. The van der Waals surface area contributed by atoms with Gasteiger partial charge in [0.2, 0.25) is 0 Å². The lowest BCUT2D eigenvalue weighted by molar-refractivity contribution is 0.436. The number of hydrogen-bond donors (Lipinski definition) is 1. The first-order valence-electron chi connectivity index (χ1n) is 4.67. The number of nitrogens with zero attached hydrogens (tertiary/aromatic N) is 2. The van der Waals surface area contributed by atoms with Gasteiger partial charge in [0.1, 0.15) is 5.69 Å². The van der Waals surface area contributed by atoms with Crippen LogP contribution in [0.1, 0.15) is 24.5 Å². The Kier molecular flexibility index (Phi) is 3.89. The van der Waals surface area contributed by atoms with Gasteiger partial charge in [-0.3, -0.25) is 4.68 Å². The van der Waals surface area contributed by atoms with Gasteiger partial charge in [-0.2, -0.15) is 5.10 Å². The largest absolute Gasteiger partial charge is 0.317 e. The van der Waals surface area contributed by atoms with Crippen LogP contribution in [-0.2, 0) is 7.05 Å². The molecule has 0 spiro atoms. The molecule has 0 atom stereocenters. The second kappa shape index (κ2) is 4.75. The van der Waals surface area contributed by atoms with Crippen molar-refractivity contribution in [2.75, 3.05) is 13.1 Å². The summed E-state index contributed by atoms with van der Waals surface area (Å²) < 4.78 is 14.8. The molecule has 0 aromatic carbocycles. The minimum absolute atomic E-state index is 0. The van der Waals surface area contributed by atoms with Crippen LogP contribution in [0, 0.1) is 5.82 Å². The van der Waals surface area contributed by atoms with E-state index < -0.39 is 0 Å². The first kappa shape index (κ1) is 11.5. The van der Waals surface area contributed by atoms with E-state index in [1.807, 2.05) is 0 Å². The fourth-order valence-electron chi connectivity index (χ4n) is 1.85. The van der Waals surface area contributed by atoms with E-state index in [9.17, 15) is 4.39 Å². The molecule has 1 saturated heterocycles. The lowest BCUT2D eigenvalue weighted by Crippen LogP contribution is -2.27. The molecule has 1 aromatic rings. The summed E-state index contributed by atoms with van der Waals surface area (Å²) in [6.07, 6.45) is 3.43. The number of hydrogen-bond acceptors (Lipinski definition) is 2. The van der Waals surface area contributed by atoms with Crippen LogP contribution in [0.25, 0.3) is 0 Å². The normalized spacial score (nSPS) is 17.9. The van der Waals surface area contributed by atoms with E-state index in [1.165, 1.54) is 6.20 Å². The average molecular weight is 220 g/mol. The maximum Gasteiger partial charge on any atom is 0.164 e. The lowest BCUT2D eigenvalue weighted by Gasteiger charge is -2.20. The molecule has 1 aliphatic heterocycles. The highest BCUT2D eigenvalue weighted by molar-refractivity contribution is 5.85. The van der Waals surface area contributed by atoms with E-state index in [0.29, 0.717) is 11.6 Å². The molecule has 2 heterocycles. The molecule has 3 nitrogen and oxygen atoms in total. The molecule has 0 saturated carbocycles. The Labute approximate surface area is 89.1 Å². The minimum atomic E-state index is -0.158. The topological polar surface area (TPSA) is 29.9 Å². The fourth-order valence-corrected chi connectivity index (χ4v) is 1.85. The van der Waals surface area contributed by atoms with Gasteiger partial charge in [0.25, 0.3) is 0 Å². The van der Waals surface area contributed by atoms with Crippen LogP contribution >= 0.6 is 12.4 Å². The van der Waals surface area contributed by atoms with Crippen molar-refractivity contribution in [1.82, 2.24) is 15.1 Å². The van der Waals surface area contributed by atoms with Crippen LogP contribution in [-0.4, -0.2) is 22.9 Å². The second-order valence-electron chi connectivity index (χ2n) is 3.56. The molecule has 80 valence electrons. The van der Waals surface area contributed by atoms with Crippen molar-refractivity contribution < 1.29 is 4.39 Å². The third kappa shape index (κ3) is 2.25. The summed E-state index contributed by atoms with van der Waals surface area (Å²) in [6, 6.07) is 0. The monoisotopic (exact) mass is 219 g/mol. The summed E-state index contributed by atoms with van der Waals surface area (Å²) in [7, 11) is 1.76. The third-order valence-electron chi connectivity index (χ3n) is 2.54. The number of piperidine rings is 1. The van der Waals surface area contributed by atoms with Crippen LogP contribution in [0.3, 0.4) is 0 Å². The predicted octanol–water partition coefficient (Wildman–Crippen LogP) is 1.45. The fraction of sp³-hybridized carbons (Fsp3) is 0.667. The molecule has 2 rings (SSSR count). The van der Waals surface area contributed by atoms with E-state index >= 15 is 0 Å². The number of rotatable bonds is 1. The van der Waals surface area contributed by atoms with Gasteiger partial charge in [0, 0.05) is 13.0 Å². The second-order valence-corrected chi connectivity index (χ2v) is 3.56. The summed E-state index contributed by atoms with van der Waals surface area (Å²) in [6.45, 7) is 1.95. The first-order valence-corrected chi connectivity index (χ1v) is 4.67. The van der Waals surface area contributed by atoms with Crippen molar-refractivity contribution in [1.29, 1.82) is 0 Å². The highest BCUT2D eigenvalue weighted by Gasteiger charge is 2.21. The summed E-state index contributed by atoms with van der Waals surface area (Å²) in [5.41, 5.74) is 0.643. The van der Waals surface area contributed by atoms with Crippen molar-refractivity contribution >= 4 is 12.4 Å². The van der Waals surface area contributed by atoms with Crippen molar-refractivity contribution in [3.8, 4) is 0 Å². The average Bonchev–Trinajstić information content (AvgIpc) is 2.47. The molecular formula is C9H15ClFN3. The van der Waals surface area contributed by atoms with Crippen molar-refractivity contribution in [2.24, 2.45) is 7.05 Å². The van der Waals surface area contributed by atoms with Gasteiger partial charge in [0.15, 0.2) is 5.82 Å². The Bertz CT molecular complexity index is 294. The maximum absolute atomic E-state index is 13.3. The summed E-state index contributed by atoms with van der Waals surface area (Å²) in [5, 5.41) is 7.40. The molecule has 0 unspecified atom stereocenters. The number of aryl methyl sites for hydroxylation is 1. The molecule has 1 fully saturated rings. The van der Waals surface area contributed by atoms with Gasteiger partial charge >= 0.3 is 0 Å². The number of halogens is 2. The van der Waals surface area contributed by atoms with Gasteiger partial charge in [-0.25, -0.2) is 4.39 Å². The molecular weight excluding hydrogens is 205 g/mol. The summed E-state index contributed by atoms with van der Waals surface area (Å²) in [4.78, 5) is 0. The smallest absolute Gasteiger partial charge is 0.164 e. The summed E-state index contributed by atoms with van der Waals surface area (Å²) >= 11 is 0. The van der Waals surface area contributed by atoms with Crippen molar-refractivity contribution in [3.63, 3.8) is 0 Å². The number of aromatic nitrogens is 2. The SMILES string of the molecule is Cl.Cn1cc(F)c(C2CCNCC2)n1. The molecule has 0 amide bonds. The van der Waals surface area contributed by atoms with Crippen LogP contribution in [0.5, 0.6) is 0 Å². The Morgan fingerprint density at radius 2 is 2.14 bits per heavy atom. The molecule has 1 aliphatic rings. The van der Waals surface area contributed by atoms with Gasteiger partial charge in [0.05, 0.1) is 6.20 Å². The molecule has 1 N–H and O–H groups in total. The predicted molar refractivity (Wildman–Crippen MR) is 55.3 cm³/mol. The van der Waals surface area contributed by atoms with Crippen LogP contribution < -0.4 is 5.32 Å². The number of nitrogens with one attached hydrogen (secondary N) is 1. The standard InChI is InChI=1S/C9H14FN3.ClH/c1-13-6-8(10)9(12-13)7-2-4-11-5-3-7;/h6-7,11H,2-5H2,1H3;1H. The Morgan fingerprint density at radius 1 is 1.50 bits per heavy atom. The first-order chi connectivity index (χ1) is 6.27. The summed E-state index contributed by atoms with van der Waals surface area (Å²) in [5.74, 6) is 0.150. The molecule has 14 heavy (non-hydrogen) atoms. The molecule has 0 aliphatic carbocycles. The Morgan fingerprint density at radius 3 is 2.64 bits per heavy atom. The van der Waals surface area contributed by atoms with Crippen LogP contribution in [0.15, 0.2) is 6.20 Å². The van der Waals surface area contributed by atoms with Gasteiger partial charge in [-0.15, -0.1) is 12.4 Å². The van der Waals surface area contributed by atoms with Gasteiger partial charge < -0.3 is 5.32 Å². The Hall–Kier alpha value is -0.610. The Balaban J connectivity index is 0.000000980. The quantitative estimate of drug-likeness (QED) is 0.775. The molecule has 0 bridgehead atoms. The highest BCUT2D eigenvalue weighted by atomic mass is 35.5. The van der Waals surface area contributed by atoms with E-state index in [1.54, 1.807) is 11.7 Å². The third-order valence-corrected chi connectivity index (χ3v) is 2.54. The van der Waals surface area contributed by atoms with Crippen molar-refractivity contribution in [2.45, 2.75) is 18.8 Å². The maximum atomic E-state index is 13.3. The molecule has 0 radical (unpaired) electrons. The van der Waals surface area contributed by atoms with E-state index in [4.69, 9.17) is 0 Å². The van der Waals surface area contributed by atoms with Gasteiger partial charge in [-0.1, -0.05) is 0 Å². The van der Waals surface area contributed by atoms with Crippen molar-refractivity contribution in [3.05, 3.63) is 17.7 Å². The van der Waals surface area contributed by atoms with Crippen LogP contribution in [0.4, 0.5) is 4.39 Å². The van der Waals surface area contributed by atoms with Gasteiger partial charge in [-0.05, 0) is 25.9 Å². The lowest BCUT2D eigenvalue weighted by atomic mass is 9.95. The zero-order valence-electron chi connectivity index (χ0n) is 8.16. The zero-order chi connectivity index (χ0) is 9.26. The van der Waals surface area contributed by atoms with E-state index in [0.717, 1.165) is 25.9 Å². The highest BCUT2D eigenvalue weighted by Crippen LogP contribution is 2.25. The molecule has 1 aromatic heterocycles. The zero-order valence-corrected chi connectivity index (χ0v) is 8.98. The van der Waals surface area contributed by atoms with Crippen LogP contribution in [0.2, 0.25) is 0 Å². The van der Waals surface area contributed by atoms with E-state index in [-0.39, 0.29) is 18.2 Å².